The Balaban J connectivity index is 0.00000308. The summed E-state index contributed by atoms with van der Waals surface area (Å²) in [5.74, 6) is 0.0119. The third-order valence-corrected chi connectivity index (χ3v) is 7.27. The van der Waals surface area contributed by atoms with Gasteiger partial charge in [-0.2, -0.15) is 11.8 Å². The molecule has 0 radical (unpaired) electrons. The van der Waals surface area contributed by atoms with Crippen LogP contribution >= 0.6 is 11.8 Å². The molecule has 6 nitrogen and oxygen atoms in total. The van der Waals surface area contributed by atoms with Gasteiger partial charge in [-0.1, -0.05) is 60.7 Å². The first-order chi connectivity index (χ1) is 19.5. The maximum Gasteiger partial charge on any atom is 1.00 e. The molecule has 0 saturated carbocycles. The Morgan fingerprint density at radius 3 is 2.44 bits per heavy atom. The summed E-state index contributed by atoms with van der Waals surface area (Å²) in [5.41, 5.74) is 6.41. The van der Waals surface area contributed by atoms with Gasteiger partial charge < -0.3 is 21.6 Å². The zero-order valence-corrected chi connectivity index (χ0v) is 24.5. The molecule has 4 rings (SSSR count). The molecule has 0 spiro atoms. The second-order valence-electron chi connectivity index (χ2n) is 9.50. The van der Waals surface area contributed by atoms with Crippen LogP contribution in [0.25, 0.3) is 22.8 Å². The summed E-state index contributed by atoms with van der Waals surface area (Å²) in [6.45, 7) is 3.20. The van der Waals surface area contributed by atoms with Gasteiger partial charge in [0.2, 0.25) is 0 Å². The standard InChI is InChI=1S/C33H34N2O4S.Li.H/c1-23-9-6-7-13-28(23)30-19-24(14-15-29(30)32(36)35-31(33(37)38)16-18-40-2)21-34-22-26(20-27-12-8-17-39-27)25-10-4-3-5-11-25;;/h3-15,17,19-20,31,34H,16,18,21-22H2,1-2H3,(H,35,36)(H,37,38);;/q;+1;-1/t31-;;/m0../s1. The minimum absolute atomic E-state index is 0. The van der Waals surface area contributed by atoms with Crippen molar-refractivity contribution in [2.75, 3.05) is 18.6 Å². The molecule has 1 aromatic heterocycles. The van der Waals surface area contributed by atoms with Crippen LogP contribution in [0.3, 0.4) is 0 Å². The zero-order valence-electron chi connectivity index (χ0n) is 24.7. The smallest absolute Gasteiger partial charge is 1.00 e. The molecule has 3 aromatic carbocycles. The maximum atomic E-state index is 13.3. The van der Waals surface area contributed by atoms with Crippen molar-refractivity contribution in [3.8, 4) is 11.1 Å². The normalized spacial score (nSPS) is 11.9. The van der Waals surface area contributed by atoms with Crippen LogP contribution in [0.5, 0.6) is 0 Å². The van der Waals surface area contributed by atoms with Crippen molar-refractivity contribution in [2.45, 2.75) is 25.9 Å². The van der Waals surface area contributed by atoms with Gasteiger partial charge in [-0.25, -0.2) is 4.79 Å². The number of furan rings is 1. The quantitative estimate of drug-likeness (QED) is 0.216. The van der Waals surface area contributed by atoms with Crippen molar-refractivity contribution in [3.63, 3.8) is 0 Å². The molecule has 1 heterocycles. The Morgan fingerprint density at radius 2 is 1.76 bits per heavy atom. The number of aryl methyl sites for hydroxylation is 1. The van der Waals surface area contributed by atoms with E-state index < -0.39 is 12.0 Å². The summed E-state index contributed by atoms with van der Waals surface area (Å²) in [4.78, 5) is 25.1. The van der Waals surface area contributed by atoms with E-state index in [4.69, 9.17) is 4.42 Å². The number of rotatable bonds is 13. The molecular formula is C33H35LiN2O4S. The van der Waals surface area contributed by atoms with E-state index in [-0.39, 0.29) is 26.2 Å². The van der Waals surface area contributed by atoms with E-state index in [1.165, 1.54) is 0 Å². The number of carboxylic acids is 1. The Bertz CT molecular complexity index is 1460. The van der Waals surface area contributed by atoms with E-state index in [0.717, 1.165) is 39.2 Å². The van der Waals surface area contributed by atoms with Gasteiger partial charge in [-0.15, -0.1) is 0 Å². The van der Waals surface area contributed by atoms with Crippen molar-refractivity contribution in [1.82, 2.24) is 10.6 Å². The first-order valence-electron chi connectivity index (χ1n) is 13.2. The topological polar surface area (TPSA) is 91.6 Å². The monoisotopic (exact) mass is 562 g/mol. The van der Waals surface area contributed by atoms with Gasteiger partial charge in [0, 0.05) is 18.7 Å². The van der Waals surface area contributed by atoms with Gasteiger partial charge in [-0.05, 0) is 89.1 Å². The predicted molar refractivity (Wildman–Crippen MR) is 164 cm³/mol. The number of carbonyl (C=O) groups is 2. The fraction of sp³-hybridized carbons (Fsp3) is 0.212. The summed E-state index contributed by atoms with van der Waals surface area (Å²) < 4.78 is 5.55. The Kier molecular flexibility index (Phi) is 12.6. The van der Waals surface area contributed by atoms with Crippen LogP contribution in [-0.4, -0.2) is 41.6 Å². The minimum Gasteiger partial charge on any atom is -1.00 e. The summed E-state index contributed by atoms with van der Waals surface area (Å²) in [6, 6.07) is 26.6. The van der Waals surface area contributed by atoms with Crippen LogP contribution < -0.4 is 29.5 Å². The van der Waals surface area contributed by atoms with Gasteiger partial charge in [0.05, 0.1) is 6.26 Å². The predicted octanol–water partition coefficient (Wildman–Crippen LogP) is 3.64. The second-order valence-corrected chi connectivity index (χ2v) is 10.5. The molecule has 0 aliphatic heterocycles. The molecule has 208 valence electrons. The molecule has 0 saturated heterocycles. The first-order valence-corrected chi connectivity index (χ1v) is 14.6. The van der Waals surface area contributed by atoms with Gasteiger partial charge in [0.25, 0.3) is 5.91 Å². The van der Waals surface area contributed by atoms with Crippen LogP contribution in [0, 0.1) is 6.92 Å². The largest absolute Gasteiger partial charge is 1.00 e. The van der Waals surface area contributed by atoms with E-state index in [9.17, 15) is 14.7 Å². The van der Waals surface area contributed by atoms with Crippen molar-refractivity contribution < 1.29 is 39.4 Å². The second kappa shape index (κ2) is 16.1. The molecule has 0 bridgehead atoms. The summed E-state index contributed by atoms with van der Waals surface area (Å²) in [6.07, 6.45) is 5.97. The molecule has 0 fully saturated rings. The third kappa shape index (κ3) is 9.01. The third-order valence-electron chi connectivity index (χ3n) is 6.63. The molecule has 0 unspecified atom stereocenters. The van der Waals surface area contributed by atoms with E-state index in [2.05, 4.69) is 22.8 Å². The summed E-state index contributed by atoms with van der Waals surface area (Å²) in [5, 5.41) is 15.9. The number of carbonyl (C=O) groups excluding carboxylic acids is 1. The number of hydrogen-bond acceptors (Lipinski definition) is 5. The number of thioether (sulfide) groups is 1. The molecule has 0 aliphatic carbocycles. The Labute approximate surface area is 259 Å². The fourth-order valence-corrected chi connectivity index (χ4v) is 4.97. The number of aliphatic carboxylic acids is 1. The molecule has 41 heavy (non-hydrogen) atoms. The number of amides is 1. The van der Waals surface area contributed by atoms with E-state index in [1.807, 2.05) is 86.0 Å². The van der Waals surface area contributed by atoms with Crippen LogP contribution in [0.2, 0.25) is 0 Å². The van der Waals surface area contributed by atoms with E-state index >= 15 is 0 Å². The van der Waals surface area contributed by atoms with Gasteiger partial charge in [-0.3, -0.25) is 4.79 Å². The average Bonchev–Trinajstić information content (AvgIpc) is 3.48. The number of nitrogens with one attached hydrogen (secondary N) is 2. The molecule has 0 aliphatic rings. The maximum absolute atomic E-state index is 13.3. The number of hydrogen-bond donors (Lipinski definition) is 3. The van der Waals surface area contributed by atoms with Crippen LogP contribution in [-0.2, 0) is 11.3 Å². The number of carboxylic acid groups (broad SMARTS) is 1. The Hall–Kier alpha value is -3.47. The fourth-order valence-electron chi connectivity index (χ4n) is 4.50. The summed E-state index contributed by atoms with van der Waals surface area (Å²) in [7, 11) is 0. The molecule has 1 amide bonds. The van der Waals surface area contributed by atoms with Crippen molar-refractivity contribution >= 4 is 35.3 Å². The first kappa shape index (κ1) is 32.0. The zero-order chi connectivity index (χ0) is 28.3. The SMILES string of the molecule is CSCC[C@H](NC(=O)c1ccc(CNCC(=Cc2ccco2)c2ccccc2)cc1-c1ccccc1C)C(=O)O.[H-].[Li+]. The van der Waals surface area contributed by atoms with Gasteiger partial charge in [0.15, 0.2) is 0 Å². The van der Waals surface area contributed by atoms with E-state index in [1.54, 1.807) is 24.1 Å². The van der Waals surface area contributed by atoms with Crippen LogP contribution in [0.1, 0.15) is 40.7 Å². The Morgan fingerprint density at radius 1 is 1.00 bits per heavy atom. The number of benzene rings is 3. The molecule has 4 aromatic rings. The molecular weight excluding hydrogens is 527 g/mol. The van der Waals surface area contributed by atoms with E-state index in [0.29, 0.717) is 30.8 Å². The van der Waals surface area contributed by atoms with Gasteiger partial charge >= 0.3 is 24.8 Å². The average molecular weight is 563 g/mol. The minimum atomic E-state index is -1.03. The van der Waals surface area contributed by atoms with Crippen LogP contribution in [0.4, 0.5) is 0 Å². The molecule has 8 heteroatoms. The van der Waals surface area contributed by atoms with Gasteiger partial charge in [0.1, 0.15) is 11.8 Å². The van der Waals surface area contributed by atoms with Crippen molar-refractivity contribution in [2.24, 2.45) is 0 Å². The molecule has 3 N–H and O–H groups in total. The van der Waals surface area contributed by atoms with Crippen molar-refractivity contribution in [3.05, 3.63) is 119 Å². The molecule has 1 atom stereocenters. The van der Waals surface area contributed by atoms with Crippen molar-refractivity contribution in [1.29, 1.82) is 0 Å². The van der Waals surface area contributed by atoms with Crippen LogP contribution in [0.15, 0.2) is 95.6 Å². The summed E-state index contributed by atoms with van der Waals surface area (Å²) >= 11 is 1.55.